The SMILES string of the molecule is O=CC1(C(F)(F)F)OC=CO1. The summed E-state index contributed by atoms with van der Waals surface area (Å²) in [5, 5.41) is 0. The molecule has 62 valence electrons. The molecule has 0 bridgehead atoms. The van der Waals surface area contributed by atoms with Gasteiger partial charge >= 0.3 is 12.0 Å². The summed E-state index contributed by atoms with van der Waals surface area (Å²) in [6, 6.07) is 0. The zero-order valence-corrected chi connectivity index (χ0v) is 5.09. The Labute approximate surface area is 59.4 Å². The van der Waals surface area contributed by atoms with E-state index in [1.54, 1.807) is 0 Å². The zero-order chi connectivity index (χ0) is 8.54. The van der Waals surface area contributed by atoms with Gasteiger partial charge in [0.2, 0.25) is 6.29 Å². The lowest BCUT2D eigenvalue weighted by molar-refractivity contribution is -0.311. The van der Waals surface area contributed by atoms with Crippen molar-refractivity contribution in [2.45, 2.75) is 12.0 Å². The molecular weight excluding hydrogens is 165 g/mol. The van der Waals surface area contributed by atoms with Crippen LogP contribution in [0.2, 0.25) is 0 Å². The van der Waals surface area contributed by atoms with Crippen LogP contribution in [-0.4, -0.2) is 18.2 Å². The number of hydrogen-bond acceptors (Lipinski definition) is 3. The minimum absolute atomic E-state index is 0.437. The summed E-state index contributed by atoms with van der Waals surface area (Å²) in [7, 11) is 0. The molecule has 1 aliphatic heterocycles. The van der Waals surface area contributed by atoms with Crippen LogP contribution in [0.25, 0.3) is 0 Å². The minimum Gasteiger partial charge on any atom is -0.444 e. The molecule has 6 heteroatoms. The van der Waals surface area contributed by atoms with Crippen molar-refractivity contribution in [2.75, 3.05) is 0 Å². The van der Waals surface area contributed by atoms with Crippen LogP contribution in [-0.2, 0) is 14.3 Å². The lowest BCUT2D eigenvalue weighted by atomic mass is 10.3. The van der Waals surface area contributed by atoms with Gasteiger partial charge in [0.15, 0.2) is 0 Å². The molecule has 11 heavy (non-hydrogen) atoms. The highest BCUT2D eigenvalue weighted by atomic mass is 19.4. The zero-order valence-electron chi connectivity index (χ0n) is 5.09. The van der Waals surface area contributed by atoms with E-state index in [2.05, 4.69) is 9.47 Å². The normalized spacial score (nSPS) is 20.6. The Kier molecular flexibility index (Phi) is 1.54. The molecule has 0 spiro atoms. The molecule has 0 atom stereocenters. The third-order valence-corrected chi connectivity index (χ3v) is 1.09. The van der Waals surface area contributed by atoms with Crippen LogP contribution in [0.15, 0.2) is 12.5 Å². The summed E-state index contributed by atoms with van der Waals surface area (Å²) >= 11 is 0. The van der Waals surface area contributed by atoms with Crippen LogP contribution in [0.1, 0.15) is 0 Å². The molecule has 0 fully saturated rings. The Bertz CT molecular complexity index is 188. The molecular formula is C5H3F3O3. The first kappa shape index (κ1) is 7.90. The van der Waals surface area contributed by atoms with Crippen molar-refractivity contribution in [3.8, 4) is 0 Å². The lowest BCUT2D eigenvalue weighted by Gasteiger charge is -2.23. The summed E-state index contributed by atoms with van der Waals surface area (Å²) in [6.45, 7) is 0. The predicted octanol–water partition coefficient (Wildman–Crippen LogP) is 0.962. The summed E-state index contributed by atoms with van der Waals surface area (Å²) in [5.74, 6) is -3.12. The van der Waals surface area contributed by atoms with Gasteiger partial charge in [0.05, 0.1) is 0 Å². The quantitative estimate of drug-likeness (QED) is 0.547. The monoisotopic (exact) mass is 168 g/mol. The molecule has 0 unspecified atom stereocenters. The van der Waals surface area contributed by atoms with Gasteiger partial charge in [-0.05, 0) is 0 Å². The molecule has 0 N–H and O–H groups in total. The van der Waals surface area contributed by atoms with Crippen LogP contribution < -0.4 is 0 Å². The van der Waals surface area contributed by atoms with E-state index >= 15 is 0 Å². The first-order valence-corrected chi connectivity index (χ1v) is 2.55. The van der Waals surface area contributed by atoms with E-state index in [4.69, 9.17) is 0 Å². The average molecular weight is 168 g/mol. The van der Waals surface area contributed by atoms with Gasteiger partial charge < -0.3 is 9.47 Å². The first-order valence-electron chi connectivity index (χ1n) is 2.55. The fourth-order valence-corrected chi connectivity index (χ4v) is 0.541. The van der Waals surface area contributed by atoms with E-state index in [1.165, 1.54) is 0 Å². The number of carbonyl (C=O) groups excluding carboxylic acids is 1. The van der Waals surface area contributed by atoms with Crippen LogP contribution in [0.4, 0.5) is 13.2 Å². The van der Waals surface area contributed by atoms with E-state index in [9.17, 15) is 18.0 Å². The summed E-state index contributed by atoms with van der Waals surface area (Å²) < 4.78 is 43.6. The molecule has 0 saturated carbocycles. The van der Waals surface area contributed by atoms with Crippen molar-refractivity contribution < 1.29 is 27.4 Å². The number of rotatable bonds is 1. The van der Waals surface area contributed by atoms with Crippen molar-refractivity contribution >= 4 is 6.29 Å². The fraction of sp³-hybridized carbons (Fsp3) is 0.400. The highest BCUT2D eigenvalue weighted by Gasteiger charge is 2.61. The molecule has 0 aromatic rings. The molecule has 0 aromatic carbocycles. The highest BCUT2D eigenvalue weighted by Crippen LogP contribution is 2.36. The van der Waals surface area contributed by atoms with Crippen molar-refractivity contribution in [3.05, 3.63) is 12.5 Å². The van der Waals surface area contributed by atoms with Gasteiger partial charge in [0, 0.05) is 0 Å². The Morgan fingerprint density at radius 2 is 1.73 bits per heavy atom. The van der Waals surface area contributed by atoms with E-state index in [-0.39, 0.29) is 0 Å². The van der Waals surface area contributed by atoms with Crippen molar-refractivity contribution in [2.24, 2.45) is 0 Å². The molecule has 0 radical (unpaired) electrons. The molecule has 1 heterocycles. The fourth-order valence-electron chi connectivity index (χ4n) is 0.541. The van der Waals surface area contributed by atoms with Crippen molar-refractivity contribution in [1.29, 1.82) is 0 Å². The topological polar surface area (TPSA) is 35.5 Å². The van der Waals surface area contributed by atoms with E-state index < -0.39 is 18.2 Å². The summed E-state index contributed by atoms with van der Waals surface area (Å²) in [5.41, 5.74) is 0. The third-order valence-electron chi connectivity index (χ3n) is 1.09. The van der Waals surface area contributed by atoms with Gasteiger partial charge in [-0.2, -0.15) is 13.2 Å². The second-order valence-corrected chi connectivity index (χ2v) is 1.79. The molecule has 0 amide bonds. The summed E-state index contributed by atoms with van der Waals surface area (Å²) in [4.78, 5) is 9.97. The van der Waals surface area contributed by atoms with Gasteiger partial charge in [0.1, 0.15) is 12.5 Å². The molecule has 1 rings (SSSR count). The van der Waals surface area contributed by atoms with E-state index in [0.717, 1.165) is 0 Å². The maximum Gasteiger partial charge on any atom is 0.476 e. The van der Waals surface area contributed by atoms with Crippen LogP contribution in [0.3, 0.4) is 0 Å². The van der Waals surface area contributed by atoms with Crippen LogP contribution in [0, 0.1) is 0 Å². The number of ether oxygens (including phenoxy) is 2. The molecule has 0 aromatic heterocycles. The number of halogens is 3. The number of aldehydes is 1. The molecule has 3 nitrogen and oxygen atoms in total. The Balaban J connectivity index is 2.86. The third kappa shape index (κ3) is 1.04. The smallest absolute Gasteiger partial charge is 0.444 e. The summed E-state index contributed by atoms with van der Waals surface area (Å²) in [6.07, 6.45) is -3.95. The van der Waals surface area contributed by atoms with Gasteiger partial charge in [-0.25, -0.2) is 0 Å². The Morgan fingerprint density at radius 3 is 1.91 bits per heavy atom. The van der Waals surface area contributed by atoms with Gasteiger partial charge in [-0.3, -0.25) is 4.79 Å². The van der Waals surface area contributed by atoms with Gasteiger partial charge in [-0.15, -0.1) is 0 Å². The van der Waals surface area contributed by atoms with Gasteiger partial charge in [-0.1, -0.05) is 0 Å². The predicted molar refractivity (Wildman–Crippen MR) is 26.2 cm³/mol. The second kappa shape index (κ2) is 2.14. The van der Waals surface area contributed by atoms with E-state index in [0.29, 0.717) is 12.5 Å². The van der Waals surface area contributed by atoms with Crippen molar-refractivity contribution in [3.63, 3.8) is 0 Å². The van der Waals surface area contributed by atoms with Crippen molar-refractivity contribution in [1.82, 2.24) is 0 Å². The Hall–Kier alpha value is -1.20. The van der Waals surface area contributed by atoms with Crippen LogP contribution in [0.5, 0.6) is 0 Å². The molecule has 0 aliphatic carbocycles. The largest absolute Gasteiger partial charge is 0.476 e. The van der Waals surface area contributed by atoms with E-state index in [1.807, 2.05) is 0 Å². The molecule has 0 saturated heterocycles. The second-order valence-electron chi connectivity index (χ2n) is 1.79. The minimum atomic E-state index is -4.85. The standard InChI is InChI=1S/C5H3F3O3/c6-5(7,8)4(3-9)10-1-2-11-4/h1-3H. The number of carbonyl (C=O) groups is 1. The Morgan fingerprint density at radius 1 is 1.27 bits per heavy atom. The average Bonchev–Trinajstić information content (AvgIpc) is 2.33. The maximum atomic E-state index is 11.9. The lowest BCUT2D eigenvalue weighted by Crippen LogP contribution is -2.47. The van der Waals surface area contributed by atoms with Crippen LogP contribution >= 0.6 is 0 Å². The highest BCUT2D eigenvalue weighted by molar-refractivity contribution is 5.62. The first-order chi connectivity index (χ1) is 5.02. The maximum absolute atomic E-state index is 11.9. The molecule has 1 aliphatic rings. The number of hydrogen-bond donors (Lipinski definition) is 0. The van der Waals surface area contributed by atoms with Gasteiger partial charge in [0.25, 0.3) is 0 Å². The number of alkyl halides is 3.